The average Bonchev–Trinajstić information content (AvgIpc) is 2.68. The normalized spacial score (nSPS) is 13.4. The molecule has 1 N–H and O–H groups in total. The minimum absolute atomic E-state index is 0.134. The number of nitrogens with one attached hydrogen (secondary N) is 1. The van der Waals surface area contributed by atoms with Crippen molar-refractivity contribution in [2.75, 3.05) is 7.05 Å². The first-order chi connectivity index (χ1) is 8.54. The molecule has 1 aromatic heterocycles. The Morgan fingerprint density at radius 1 is 1.28 bits per heavy atom. The van der Waals surface area contributed by atoms with E-state index in [1.54, 1.807) is 6.07 Å². The summed E-state index contributed by atoms with van der Waals surface area (Å²) in [5.74, 6) is -0.134. The number of halogens is 1. The minimum atomic E-state index is -0.134. The molecule has 1 unspecified atom stereocenters. The summed E-state index contributed by atoms with van der Waals surface area (Å²) in [5.41, 5.74) is 2.18. The van der Waals surface area contributed by atoms with Crippen molar-refractivity contribution in [1.82, 2.24) is 9.88 Å². The molecule has 18 heavy (non-hydrogen) atoms. The molecule has 2 aromatic rings. The van der Waals surface area contributed by atoms with E-state index in [4.69, 9.17) is 0 Å². The quantitative estimate of drug-likeness (QED) is 0.876. The Morgan fingerprint density at radius 3 is 2.61 bits per heavy atom. The van der Waals surface area contributed by atoms with E-state index < -0.39 is 0 Å². The summed E-state index contributed by atoms with van der Waals surface area (Å²) >= 11 is 0. The summed E-state index contributed by atoms with van der Waals surface area (Å²) in [5, 5.41) is 3.96. The maximum Gasteiger partial charge on any atom is 0.132 e. The molecule has 1 heterocycles. The van der Waals surface area contributed by atoms with Gasteiger partial charge >= 0.3 is 0 Å². The van der Waals surface area contributed by atoms with Crippen molar-refractivity contribution in [1.29, 1.82) is 0 Å². The standard InChI is InChI=1S/C15H21FN2/c1-10(2)18-12(8-11(3)17-4)9-13-14(16)6-5-7-15(13)18/h5-7,9-11,17H,8H2,1-4H3. The van der Waals surface area contributed by atoms with Crippen LogP contribution in [0, 0.1) is 5.82 Å². The van der Waals surface area contributed by atoms with Crippen LogP contribution in [0.1, 0.15) is 32.5 Å². The van der Waals surface area contributed by atoms with Crippen molar-refractivity contribution in [3.05, 3.63) is 35.8 Å². The molecule has 2 rings (SSSR count). The molecule has 0 radical (unpaired) electrons. The molecule has 1 atom stereocenters. The summed E-state index contributed by atoms with van der Waals surface area (Å²) in [6.45, 7) is 6.41. The largest absolute Gasteiger partial charge is 0.342 e. The third-order valence-corrected chi connectivity index (χ3v) is 3.43. The van der Waals surface area contributed by atoms with Gasteiger partial charge in [0.25, 0.3) is 0 Å². The fourth-order valence-electron chi connectivity index (χ4n) is 2.45. The first-order valence-corrected chi connectivity index (χ1v) is 6.50. The second kappa shape index (κ2) is 5.11. The molecule has 0 aliphatic rings. The van der Waals surface area contributed by atoms with E-state index in [9.17, 15) is 4.39 Å². The zero-order valence-corrected chi connectivity index (χ0v) is 11.5. The van der Waals surface area contributed by atoms with Crippen molar-refractivity contribution in [3.63, 3.8) is 0 Å². The highest BCUT2D eigenvalue weighted by Crippen LogP contribution is 2.26. The van der Waals surface area contributed by atoms with Crippen LogP contribution in [0.15, 0.2) is 24.3 Å². The van der Waals surface area contributed by atoms with E-state index in [0.29, 0.717) is 12.1 Å². The topological polar surface area (TPSA) is 17.0 Å². The maximum absolute atomic E-state index is 13.8. The summed E-state index contributed by atoms with van der Waals surface area (Å²) < 4.78 is 16.1. The van der Waals surface area contributed by atoms with E-state index >= 15 is 0 Å². The van der Waals surface area contributed by atoms with Crippen molar-refractivity contribution in [2.45, 2.75) is 39.3 Å². The minimum Gasteiger partial charge on any atom is -0.342 e. The highest BCUT2D eigenvalue weighted by Gasteiger charge is 2.15. The Labute approximate surface area is 108 Å². The fourth-order valence-corrected chi connectivity index (χ4v) is 2.45. The Balaban J connectivity index is 2.58. The monoisotopic (exact) mass is 248 g/mol. The lowest BCUT2D eigenvalue weighted by Gasteiger charge is -2.17. The van der Waals surface area contributed by atoms with Crippen molar-refractivity contribution < 1.29 is 4.39 Å². The van der Waals surface area contributed by atoms with Crippen molar-refractivity contribution >= 4 is 10.9 Å². The molecule has 2 nitrogen and oxygen atoms in total. The van der Waals surface area contributed by atoms with Crippen LogP contribution in [-0.2, 0) is 6.42 Å². The lowest BCUT2D eigenvalue weighted by atomic mass is 10.1. The van der Waals surface area contributed by atoms with Gasteiger partial charge in [-0.1, -0.05) is 6.07 Å². The number of likely N-dealkylation sites (N-methyl/N-ethyl adjacent to an activating group) is 1. The zero-order chi connectivity index (χ0) is 13.3. The molecule has 1 aromatic carbocycles. The summed E-state index contributed by atoms with van der Waals surface area (Å²) in [7, 11) is 1.95. The summed E-state index contributed by atoms with van der Waals surface area (Å²) in [6, 6.07) is 8.00. The van der Waals surface area contributed by atoms with Gasteiger partial charge < -0.3 is 9.88 Å². The molecular weight excluding hydrogens is 227 g/mol. The van der Waals surface area contributed by atoms with Gasteiger partial charge in [0, 0.05) is 29.6 Å². The predicted octanol–water partition coefficient (Wildman–Crippen LogP) is 3.51. The second-order valence-corrected chi connectivity index (χ2v) is 5.17. The number of hydrogen-bond acceptors (Lipinski definition) is 1. The van der Waals surface area contributed by atoms with E-state index in [-0.39, 0.29) is 5.82 Å². The van der Waals surface area contributed by atoms with Crippen LogP contribution in [0.4, 0.5) is 4.39 Å². The maximum atomic E-state index is 13.8. The first kappa shape index (κ1) is 13.1. The Hall–Kier alpha value is -1.35. The highest BCUT2D eigenvalue weighted by molar-refractivity contribution is 5.82. The number of fused-ring (bicyclic) bond motifs is 1. The average molecular weight is 248 g/mol. The molecule has 0 amide bonds. The molecule has 0 saturated heterocycles. The second-order valence-electron chi connectivity index (χ2n) is 5.17. The molecule has 0 bridgehead atoms. The number of hydrogen-bond donors (Lipinski definition) is 1. The predicted molar refractivity (Wildman–Crippen MR) is 74.5 cm³/mol. The van der Waals surface area contributed by atoms with Crippen LogP contribution < -0.4 is 5.32 Å². The zero-order valence-electron chi connectivity index (χ0n) is 11.5. The Bertz CT molecular complexity index is 543. The lowest BCUT2D eigenvalue weighted by molar-refractivity contribution is 0.545. The van der Waals surface area contributed by atoms with Gasteiger partial charge in [0.2, 0.25) is 0 Å². The van der Waals surface area contributed by atoms with E-state index in [2.05, 4.69) is 30.7 Å². The van der Waals surface area contributed by atoms with Crippen LogP contribution in [0.3, 0.4) is 0 Å². The molecule has 0 saturated carbocycles. The van der Waals surface area contributed by atoms with Gasteiger partial charge in [0.1, 0.15) is 5.82 Å². The van der Waals surface area contributed by atoms with E-state index in [1.165, 1.54) is 11.8 Å². The molecule has 3 heteroatoms. The summed E-state index contributed by atoms with van der Waals surface area (Å²) in [4.78, 5) is 0. The number of benzene rings is 1. The van der Waals surface area contributed by atoms with Crippen LogP contribution in [0.25, 0.3) is 10.9 Å². The van der Waals surface area contributed by atoms with Gasteiger partial charge in [0.15, 0.2) is 0 Å². The van der Waals surface area contributed by atoms with Crippen LogP contribution in [-0.4, -0.2) is 17.7 Å². The molecular formula is C15H21FN2. The van der Waals surface area contributed by atoms with Crippen LogP contribution in [0.2, 0.25) is 0 Å². The van der Waals surface area contributed by atoms with Gasteiger partial charge in [-0.3, -0.25) is 0 Å². The van der Waals surface area contributed by atoms with Gasteiger partial charge in [0.05, 0.1) is 5.52 Å². The number of aromatic nitrogens is 1. The van der Waals surface area contributed by atoms with Gasteiger partial charge in [-0.05, 0) is 46.0 Å². The Kier molecular flexibility index (Phi) is 3.71. The highest BCUT2D eigenvalue weighted by atomic mass is 19.1. The molecule has 0 fully saturated rings. The van der Waals surface area contributed by atoms with Gasteiger partial charge in [-0.25, -0.2) is 4.39 Å². The lowest BCUT2D eigenvalue weighted by Crippen LogP contribution is -2.25. The fraction of sp³-hybridized carbons (Fsp3) is 0.467. The van der Waals surface area contributed by atoms with E-state index in [0.717, 1.165) is 17.3 Å². The first-order valence-electron chi connectivity index (χ1n) is 6.50. The van der Waals surface area contributed by atoms with Gasteiger partial charge in [-0.15, -0.1) is 0 Å². The summed E-state index contributed by atoms with van der Waals surface area (Å²) in [6.07, 6.45) is 0.906. The number of rotatable bonds is 4. The van der Waals surface area contributed by atoms with E-state index in [1.807, 2.05) is 19.2 Å². The van der Waals surface area contributed by atoms with Crippen molar-refractivity contribution in [3.8, 4) is 0 Å². The van der Waals surface area contributed by atoms with Gasteiger partial charge in [-0.2, -0.15) is 0 Å². The molecule has 0 spiro atoms. The van der Waals surface area contributed by atoms with Crippen LogP contribution >= 0.6 is 0 Å². The third kappa shape index (κ3) is 2.27. The Morgan fingerprint density at radius 2 is 2.00 bits per heavy atom. The molecule has 98 valence electrons. The molecule has 0 aliphatic heterocycles. The number of nitrogens with zero attached hydrogens (tertiary/aromatic N) is 1. The third-order valence-electron chi connectivity index (χ3n) is 3.43. The molecule has 0 aliphatic carbocycles. The smallest absolute Gasteiger partial charge is 0.132 e. The van der Waals surface area contributed by atoms with Crippen LogP contribution in [0.5, 0.6) is 0 Å². The SMILES string of the molecule is CNC(C)Cc1cc2c(F)cccc2n1C(C)C. The van der Waals surface area contributed by atoms with Crippen molar-refractivity contribution in [2.24, 2.45) is 0 Å².